The summed E-state index contributed by atoms with van der Waals surface area (Å²) in [5.41, 5.74) is 1.69. The van der Waals surface area contributed by atoms with Crippen LogP contribution >= 0.6 is 27.3 Å². The van der Waals surface area contributed by atoms with E-state index in [4.69, 9.17) is 0 Å². The SMILES string of the molecule is Cc1csc([C@H](C)CNC(=O)c2ccccc2Br)n1. The van der Waals surface area contributed by atoms with E-state index in [-0.39, 0.29) is 11.8 Å². The monoisotopic (exact) mass is 338 g/mol. The minimum absolute atomic E-state index is 0.0624. The Morgan fingerprint density at radius 3 is 2.84 bits per heavy atom. The standard InChI is InChI=1S/C14H15BrN2OS/c1-9(14-17-10(2)8-19-14)7-16-13(18)11-5-3-4-6-12(11)15/h3-6,8-9H,7H2,1-2H3,(H,16,18)/t9-/m1/s1. The molecule has 0 bridgehead atoms. The van der Waals surface area contributed by atoms with Gasteiger partial charge in [-0.25, -0.2) is 4.98 Å². The predicted octanol–water partition coefficient (Wildman–Crippen LogP) is 3.75. The van der Waals surface area contributed by atoms with Gasteiger partial charge >= 0.3 is 0 Å². The lowest BCUT2D eigenvalue weighted by molar-refractivity contribution is 0.0951. The molecule has 5 heteroatoms. The summed E-state index contributed by atoms with van der Waals surface area (Å²) in [4.78, 5) is 16.5. The lowest BCUT2D eigenvalue weighted by Gasteiger charge is -2.11. The summed E-state index contributed by atoms with van der Waals surface area (Å²) in [6.45, 7) is 4.64. The van der Waals surface area contributed by atoms with E-state index in [1.807, 2.05) is 30.5 Å². The molecule has 0 saturated heterocycles. The van der Waals surface area contributed by atoms with Crippen LogP contribution in [0.3, 0.4) is 0 Å². The molecule has 0 fully saturated rings. The summed E-state index contributed by atoms with van der Waals surface area (Å²) in [7, 11) is 0. The Morgan fingerprint density at radius 1 is 1.47 bits per heavy atom. The van der Waals surface area contributed by atoms with Gasteiger partial charge in [0.1, 0.15) is 0 Å². The van der Waals surface area contributed by atoms with Crippen LogP contribution in [0.15, 0.2) is 34.1 Å². The molecule has 3 nitrogen and oxygen atoms in total. The number of nitrogens with one attached hydrogen (secondary N) is 1. The number of hydrogen-bond acceptors (Lipinski definition) is 3. The fourth-order valence-electron chi connectivity index (χ4n) is 1.67. The molecule has 1 N–H and O–H groups in total. The van der Waals surface area contributed by atoms with Gasteiger partial charge in [-0.1, -0.05) is 19.1 Å². The van der Waals surface area contributed by atoms with Crippen molar-refractivity contribution in [3.8, 4) is 0 Å². The molecule has 100 valence electrons. The van der Waals surface area contributed by atoms with E-state index < -0.39 is 0 Å². The van der Waals surface area contributed by atoms with Gasteiger partial charge in [0.2, 0.25) is 0 Å². The van der Waals surface area contributed by atoms with Crippen molar-refractivity contribution in [3.63, 3.8) is 0 Å². The normalized spacial score (nSPS) is 12.2. The maximum atomic E-state index is 12.0. The maximum Gasteiger partial charge on any atom is 0.252 e. The van der Waals surface area contributed by atoms with Gasteiger partial charge in [-0.3, -0.25) is 4.79 Å². The lowest BCUT2D eigenvalue weighted by atomic mass is 10.1. The fraction of sp³-hybridized carbons (Fsp3) is 0.286. The molecule has 0 spiro atoms. The first-order valence-electron chi connectivity index (χ1n) is 6.02. The summed E-state index contributed by atoms with van der Waals surface area (Å²) in [6, 6.07) is 7.41. The Labute approximate surface area is 125 Å². The topological polar surface area (TPSA) is 42.0 Å². The van der Waals surface area contributed by atoms with Gasteiger partial charge < -0.3 is 5.32 Å². The summed E-state index contributed by atoms with van der Waals surface area (Å²) in [6.07, 6.45) is 0. The number of thiazole rings is 1. The number of amides is 1. The van der Waals surface area contributed by atoms with E-state index in [1.54, 1.807) is 17.4 Å². The van der Waals surface area contributed by atoms with E-state index in [0.29, 0.717) is 12.1 Å². The number of halogens is 1. The van der Waals surface area contributed by atoms with Crippen LogP contribution in [0.1, 0.15) is 33.9 Å². The number of nitrogens with zero attached hydrogens (tertiary/aromatic N) is 1. The van der Waals surface area contributed by atoms with E-state index in [1.165, 1.54) is 0 Å². The Bertz CT molecular complexity index is 582. The molecule has 2 rings (SSSR count). The first-order valence-corrected chi connectivity index (χ1v) is 7.70. The van der Waals surface area contributed by atoms with Crippen molar-refractivity contribution in [1.29, 1.82) is 0 Å². The van der Waals surface area contributed by atoms with Crippen LogP contribution in [0.2, 0.25) is 0 Å². The van der Waals surface area contributed by atoms with Gasteiger partial charge in [0, 0.05) is 28.0 Å². The van der Waals surface area contributed by atoms with Gasteiger partial charge in [-0.2, -0.15) is 0 Å². The molecule has 1 aromatic heterocycles. The molecule has 1 aromatic carbocycles. The number of carbonyl (C=O) groups is 1. The van der Waals surface area contributed by atoms with Crippen molar-refractivity contribution >= 4 is 33.2 Å². The van der Waals surface area contributed by atoms with Crippen molar-refractivity contribution in [2.75, 3.05) is 6.54 Å². The molecule has 0 saturated carbocycles. The number of aromatic nitrogens is 1. The molecule has 0 unspecified atom stereocenters. The van der Waals surface area contributed by atoms with Crippen molar-refractivity contribution in [1.82, 2.24) is 10.3 Å². The summed E-state index contributed by atoms with van der Waals surface area (Å²) in [5.74, 6) is 0.165. The van der Waals surface area contributed by atoms with Gasteiger partial charge in [0.15, 0.2) is 0 Å². The zero-order chi connectivity index (χ0) is 13.8. The van der Waals surface area contributed by atoms with Gasteiger partial charge in [0.05, 0.1) is 10.6 Å². The fourth-order valence-corrected chi connectivity index (χ4v) is 2.99. The summed E-state index contributed by atoms with van der Waals surface area (Å²) in [5, 5.41) is 6.03. The van der Waals surface area contributed by atoms with E-state index in [0.717, 1.165) is 15.2 Å². The Balaban J connectivity index is 1.96. The van der Waals surface area contributed by atoms with E-state index >= 15 is 0 Å². The lowest BCUT2D eigenvalue weighted by Crippen LogP contribution is -2.27. The predicted molar refractivity (Wildman–Crippen MR) is 81.7 cm³/mol. The summed E-state index contributed by atoms with van der Waals surface area (Å²) >= 11 is 5.02. The van der Waals surface area contributed by atoms with E-state index in [9.17, 15) is 4.79 Å². The van der Waals surface area contributed by atoms with Crippen LogP contribution < -0.4 is 5.32 Å². The van der Waals surface area contributed by atoms with Crippen molar-refractivity contribution in [3.05, 3.63) is 50.4 Å². The number of benzene rings is 1. The van der Waals surface area contributed by atoms with Crippen molar-refractivity contribution < 1.29 is 4.79 Å². The molecule has 19 heavy (non-hydrogen) atoms. The average Bonchev–Trinajstić information content (AvgIpc) is 2.83. The van der Waals surface area contributed by atoms with Crippen LogP contribution in [0.5, 0.6) is 0 Å². The Morgan fingerprint density at radius 2 is 2.21 bits per heavy atom. The van der Waals surface area contributed by atoms with Gasteiger partial charge in [-0.15, -0.1) is 11.3 Å². The average molecular weight is 339 g/mol. The largest absolute Gasteiger partial charge is 0.351 e. The first kappa shape index (κ1) is 14.2. The number of aryl methyl sites for hydroxylation is 1. The molecule has 1 atom stereocenters. The zero-order valence-electron chi connectivity index (χ0n) is 10.8. The third-order valence-corrected chi connectivity index (χ3v) is 4.63. The van der Waals surface area contributed by atoms with Crippen molar-refractivity contribution in [2.24, 2.45) is 0 Å². The van der Waals surface area contributed by atoms with Crippen LogP contribution in [-0.4, -0.2) is 17.4 Å². The third kappa shape index (κ3) is 3.64. The first-order chi connectivity index (χ1) is 9.08. The second-order valence-electron chi connectivity index (χ2n) is 4.42. The molecule has 2 aromatic rings. The molecular formula is C14H15BrN2OS. The molecule has 0 radical (unpaired) electrons. The molecule has 0 aliphatic carbocycles. The number of rotatable bonds is 4. The summed E-state index contributed by atoms with van der Waals surface area (Å²) < 4.78 is 0.810. The van der Waals surface area contributed by atoms with Gasteiger partial charge in [0.25, 0.3) is 5.91 Å². The quantitative estimate of drug-likeness (QED) is 0.922. The van der Waals surface area contributed by atoms with Crippen LogP contribution in [0.25, 0.3) is 0 Å². The Hall–Kier alpha value is -1.20. The highest BCUT2D eigenvalue weighted by atomic mass is 79.9. The Kier molecular flexibility index (Phi) is 4.71. The smallest absolute Gasteiger partial charge is 0.252 e. The van der Waals surface area contributed by atoms with Crippen LogP contribution in [0, 0.1) is 6.92 Å². The molecular weight excluding hydrogens is 324 g/mol. The number of carbonyl (C=O) groups excluding carboxylic acids is 1. The zero-order valence-corrected chi connectivity index (χ0v) is 13.2. The van der Waals surface area contributed by atoms with Crippen LogP contribution in [0.4, 0.5) is 0 Å². The highest BCUT2D eigenvalue weighted by Gasteiger charge is 2.13. The maximum absolute atomic E-state index is 12.0. The molecule has 0 aliphatic rings. The van der Waals surface area contributed by atoms with Crippen LogP contribution in [-0.2, 0) is 0 Å². The van der Waals surface area contributed by atoms with Gasteiger partial charge in [-0.05, 0) is 35.0 Å². The highest BCUT2D eigenvalue weighted by molar-refractivity contribution is 9.10. The second kappa shape index (κ2) is 6.30. The van der Waals surface area contributed by atoms with Crippen molar-refractivity contribution in [2.45, 2.75) is 19.8 Å². The minimum Gasteiger partial charge on any atom is -0.351 e. The molecule has 1 heterocycles. The molecule has 1 amide bonds. The minimum atomic E-state index is -0.0624. The molecule has 0 aliphatic heterocycles. The second-order valence-corrected chi connectivity index (χ2v) is 6.16. The number of hydrogen-bond donors (Lipinski definition) is 1. The van der Waals surface area contributed by atoms with E-state index in [2.05, 4.69) is 33.2 Å². The third-order valence-electron chi connectivity index (χ3n) is 2.75. The highest BCUT2D eigenvalue weighted by Crippen LogP contribution is 2.20.